The highest BCUT2D eigenvalue weighted by Gasteiger charge is 2.20. The molecule has 0 bridgehead atoms. The lowest BCUT2D eigenvalue weighted by Gasteiger charge is -2.23. The van der Waals surface area contributed by atoms with Crippen molar-refractivity contribution in [3.05, 3.63) is 64.7 Å². The van der Waals surface area contributed by atoms with Gasteiger partial charge in [0.2, 0.25) is 0 Å². The first-order chi connectivity index (χ1) is 9.47. The third-order valence-electron chi connectivity index (χ3n) is 2.80. The molecule has 2 nitrogen and oxygen atoms in total. The standard InChI is InChI=1S/C15H14ClF2NO/c1-9(19)15(10-3-2-4-11(16)7-10)20-14-6-5-12(17)8-13(14)18/h2-9,15H,19H2,1H3. The van der Waals surface area contributed by atoms with E-state index in [0.29, 0.717) is 5.02 Å². The van der Waals surface area contributed by atoms with Gasteiger partial charge in [0.1, 0.15) is 11.9 Å². The van der Waals surface area contributed by atoms with Crippen LogP contribution in [-0.4, -0.2) is 6.04 Å². The normalized spacial score (nSPS) is 13.8. The minimum atomic E-state index is -0.766. The fourth-order valence-corrected chi connectivity index (χ4v) is 2.07. The Morgan fingerprint density at radius 1 is 1.15 bits per heavy atom. The highest BCUT2D eigenvalue weighted by Crippen LogP contribution is 2.28. The van der Waals surface area contributed by atoms with Crippen LogP contribution in [0.15, 0.2) is 42.5 Å². The lowest BCUT2D eigenvalue weighted by Crippen LogP contribution is -2.29. The van der Waals surface area contributed by atoms with Crippen LogP contribution in [0.4, 0.5) is 8.78 Å². The van der Waals surface area contributed by atoms with Crippen LogP contribution in [0.2, 0.25) is 5.02 Å². The first-order valence-electron chi connectivity index (χ1n) is 6.10. The van der Waals surface area contributed by atoms with E-state index >= 15 is 0 Å². The van der Waals surface area contributed by atoms with Crippen molar-refractivity contribution in [3.8, 4) is 5.75 Å². The molecule has 0 aliphatic heterocycles. The molecule has 2 aromatic rings. The van der Waals surface area contributed by atoms with E-state index < -0.39 is 23.8 Å². The second-order valence-electron chi connectivity index (χ2n) is 4.53. The van der Waals surface area contributed by atoms with E-state index in [2.05, 4.69) is 0 Å². The minimum absolute atomic E-state index is 0.0475. The number of hydrogen-bond donors (Lipinski definition) is 1. The molecule has 0 radical (unpaired) electrons. The zero-order chi connectivity index (χ0) is 14.7. The highest BCUT2D eigenvalue weighted by atomic mass is 35.5. The molecule has 2 atom stereocenters. The Hall–Kier alpha value is -1.65. The smallest absolute Gasteiger partial charge is 0.168 e. The minimum Gasteiger partial charge on any atom is -0.481 e. The molecule has 0 aromatic heterocycles. The maximum Gasteiger partial charge on any atom is 0.168 e. The Bertz CT molecular complexity index is 604. The summed E-state index contributed by atoms with van der Waals surface area (Å²) in [6, 6.07) is 9.74. The van der Waals surface area contributed by atoms with Crippen molar-refractivity contribution in [2.24, 2.45) is 5.73 Å². The Morgan fingerprint density at radius 2 is 1.90 bits per heavy atom. The van der Waals surface area contributed by atoms with E-state index in [9.17, 15) is 8.78 Å². The fourth-order valence-electron chi connectivity index (χ4n) is 1.87. The van der Waals surface area contributed by atoms with Crippen molar-refractivity contribution < 1.29 is 13.5 Å². The predicted octanol–water partition coefficient (Wildman–Crippen LogP) is 4.09. The van der Waals surface area contributed by atoms with E-state index in [-0.39, 0.29) is 5.75 Å². The van der Waals surface area contributed by atoms with Crippen LogP contribution in [0.25, 0.3) is 0 Å². The summed E-state index contributed by atoms with van der Waals surface area (Å²) in [7, 11) is 0. The van der Waals surface area contributed by atoms with Gasteiger partial charge in [-0.1, -0.05) is 23.7 Å². The Balaban J connectivity index is 2.30. The summed E-state index contributed by atoms with van der Waals surface area (Å²) in [6.45, 7) is 1.74. The summed E-state index contributed by atoms with van der Waals surface area (Å²) in [5.41, 5.74) is 6.61. The Morgan fingerprint density at radius 3 is 2.50 bits per heavy atom. The molecule has 0 saturated carbocycles. The molecule has 0 fully saturated rings. The average molecular weight is 298 g/mol. The van der Waals surface area contributed by atoms with E-state index in [1.165, 1.54) is 6.07 Å². The zero-order valence-electron chi connectivity index (χ0n) is 10.8. The maximum atomic E-state index is 13.6. The van der Waals surface area contributed by atoms with Gasteiger partial charge in [-0.25, -0.2) is 8.78 Å². The summed E-state index contributed by atoms with van der Waals surface area (Å²) < 4.78 is 32.1. The predicted molar refractivity (Wildman–Crippen MR) is 74.8 cm³/mol. The monoisotopic (exact) mass is 297 g/mol. The van der Waals surface area contributed by atoms with Gasteiger partial charge in [0.05, 0.1) is 0 Å². The summed E-state index contributed by atoms with van der Waals surface area (Å²) in [5.74, 6) is -1.47. The Labute approximate surface area is 121 Å². The average Bonchev–Trinajstić information content (AvgIpc) is 2.37. The second-order valence-corrected chi connectivity index (χ2v) is 4.96. The third-order valence-corrected chi connectivity index (χ3v) is 3.04. The Kier molecular flexibility index (Phi) is 4.57. The van der Waals surface area contributed by atoms with Gasteiger partial charge in [0.15, 0.2) is 11.6 Å². The van der Waals surface area contributed by atoms with Gasteiger partial charge in [-0.15, -0.1) is 0 Å². The van der Waals surface area contributed by atoms with Crippen molar-refractivity contribution in [3.63, 3.8) is 0 Å². The maximum absolute atomic E-state index is 13.6. The molecule has 2 N–H and O–H groups in total. The van der Waals surface area contributed by atoms with Gasteiger partial charge in [-0.2, -0.15) is 0 Å². The van der Waals surface area contributed by atoms with Crippen molar-refractivity contribution in [1.29, 1.82) is 0 Å². The van der Waals surface area contributed by atoms with Crippen LogP contribution >= 0.6 is 11.6 Å². The molecule has 0 aliphatic carbocycles. The third kappa shape index (κ3) is 3.46. The summed E-state index contributed by atoms with van der Waals surface area (Å²) in [6.07, 6.45) is -0.575. The molecule has 20 heavy (non-hydrogen) atoms. The number of nitrogens with two attached hydrogens (primary N) is 1. The van der Waals surface area contributed by atoms with E-state index in [1.54, 1.807) is 31.2 Å². The lowest BCUT2D eigenvalue weighted by atomic mass is 10.0. The van der Waals surface area contributed by atoms with Crippen molar-refractivity contribution >= 4 is 11.6 Å². The van der Waals surface area contributed by atoms with Crippen LogP contribution < -0.4 is 10.5 Å². The van der Waals surface area contributed by atoms with Crippen molar-refractivity contribution in [2.45, 2.75) is 19.1 Å². The number of halogens is 3. The molecule has 106 valence electrons. The van der Waals surface area contributed by atoms with E-state index in [4.69, 9.17) is 22.1 Å². The number of ether oxygens (including phenoxy) is 1. The topological polar surface area (TPSA) is 35.2 Å². The summed E-state index contributed by atoms with van der Waals surface area (Å²) in [5, 5.41) is 0.538. The molecule has 2 rings (SSSR count). The van der Waals surface area contributed by atoms with Crippen LogP contribution in [0.3, 0.4) is 0 Å². The number of benzene rings is 2. The second kappa shape index (κ2) is 6.20. The lowest BCUT2D eigenvalue weighted by molar-refractivity contribution is 0.172. The first kappa shape index (κ1) is 14.8. The molecule has 0 saturated heterocycles. The highest BCUT2D eigenvalue weighted by molar-refractivity contribution is 6.30. The largest absolute Gasteiger partial charge is 0.481 e. The van der Waals surface area contributed by atoms with Crippen LogP contribution in [-0.2, 0) is 0 Å². The van der Waals surface area contributed by atoms with Crippen LogP contribution in [0, 0.1) is 11.6 Å². The van der Waals surface area contributed by atoms with Crippen molar-refractivity contribution in [1.82, 2.24) is 0 Å². The first-order valence-corrected chi connectivity index (χ1v) is 6.48. The quantitative estimate of drug-likeness (QED) is 0.922. The van der Waals surface area contributed by atoms with Crippen molar-refractivity contribution in [2.75, 3.05) is 0 Å². The number of hydrogen-bond acceptors (Lipinski definition) is 2. The molecule has 0 amide bonds. The van der Waals surface area contributed by atoms with Crippen LogP contribution in [0.1, 0.15) is 18.6 Å². The van der Waals surface area contributed by atoms with Gasteiger partial charge in [0, 0.05) is 17.1 Å². The molecule has 0 spiro atoms. The van der Waals surface area contributed by atoms with E-state index in [0.717, 1.165) is 17.7 Å². The van der Waals surface area contributed by atoms with Gasteiger partial charge in [0.25, 0.3) is 0 Å². The molecule has 0 aliphatic rings. The van der Waals surface area contributed by atoms with E-state index in [1.807, 2.05) is 0 Å². The SMILES string of the molecule is CC(N)C(Oc1ccc(F)cc1F)c1cccc(Cl)c1. The fraction of sp³-hybridized carbons (Fsp3) is 0.200. The van der Waals surface area contributed by atoms with Gasteiger partial charge in [-0.3, -0.25) is 0 Å². The van der Waals surface area contributed by atoms with Gasteiger partial charge in [-0.05, 0) is 36.8 Å². The molecular weight excluding hydrogens is 284 g/mol. The number of rotatable bonds is 4. The summed E-state index contributed by atoms with van der Waals surface area (Å²) >= 11 is 5.93. The molecule has 5 heteroatoms. The van der Waals surface area contributed by atoms with Crippen LogP contribution in [0.5, 0.6) is 5.75 Å². The zero-order valence-corrected chi connectivity index (χ0v) is 11.6. The molecule has 2 aromatic carbocycles. The molecular formula is C15H14ClF2NO. The molecule has 2 unspecified atom stereocenters. The van der Waals surface area contributed by atoms with Gasteiger partial charge >= 0.3 is 0 Å². The molecule has 0 heterocycles. The summed E-state index contributed by atoms with van der Waals surface area (Å²) in [4.78, 5) is 0. The van der Waals surface area contributed by atoms with Gasteiger partial charge < -0.3 is 10.5 Å².